The average Bonchev–Trinajstić information content (AvgIpc) is 2.88. The van der Waals surface area contributed by atoms with E-state index in [-0.39, 0.29) is 11.3 Å². The summed E-state index contributed by atoms with van der Waals surface area (Å²) in [7, 11) is 3.22. The number of allylic oxidation sites excluding steroid dienone is 1. The number of nitrogens with one attached hydrogen (secondary N) is 2. The zero-order valence-corrected chi connectivity index (χ0v) is 19.0. The topological polar surface area (TPSA) is 96.7 Å². The fourth-order valence-corrected chi connectivity index (χ4v) is 3.95. The number of nitrogens with two attached hydrogens (primary N) is 1. The highest BCUT2D eigenvalue weighted by molar-refractivity contribution is 6.27. The molecule has 1 aliphatic rings. The molecule has 3 aromatic rings. The van der Waals surface area contributed by atoms with Crippen molar-refractivity contribution >= 4 is 23.0 Å². The van der Waals surface area contributed by atoms with Crippen LogP contribution in [0.4, 0.5) is 0 Å². The van der Waals surface area contributed by atoms with E-state index >= 15 is 0 Å². The summed E-state index contributed by atoms with van der Waals surface area (Å²) in [4.78, 5) is 26.2. The maximum absolute atomic E-state index is 13.7. The first kappa shape index (κ1) is 22.8. The number of benzene rings is 3. The van der Waals surface area contributed by atoms with Crippen molar-refractivity contribution in [3.63, 3.8) is 0 Å². The lowest BCUT2D eigenvalue weighted by Gasteiger charge is -2.34. The highest BCUT2D eigenvalue weighted by Crippen LogP contribution is 2.32. The molecule has 2 amide bonds. The van der Waals surface area contributed by atoms with Gasteiger partial charge in [-0.3, -0.25) is 9.59 Å². The van der Waals surface area contributed by atoms with Crippen molar-refractivity contribution < 1.29 is 14.3 Å². The summed E-state index contributed by atoms with van der Waals surface area (Å²) in [6.07, 6.45) is 0.530. The summed E-state index contributed by atoms with van der Waals surface area (Å²) in [6.45, 7) is 0. The fourth-order valence-electron chi connectivity index (χ4n) is 3.95. The van der Waals surface area contributed by atoms with Crippen molar-refractivity contribution in [1.82, 2.24) is 15.8 Å². The molecule has 1 aliphatic heterocycles. The second-order valence-corrected chi connectivity index (χ2v) is 7.69. The first-order valence-corrected chi connectivity index (χ1v) is 10.8. The first-order valence-electron chi connectivity index (χ1n) is 10.8. The molecule has 0 saturated carbocycles. The third kappa shape index (κ3) is 4.55. The standard InChI is InChI=1S/C27H26N4O3/c1-29-31-26(22(19-11-7-4-8-12-19)17-18-9-5-3-6-10-18)30-24(25(28)32)23(27(31)33)20-13-15-21(34-2)16-14-20/h3-16,29-30H,17H2,1-2H3,(H2,28,32)/b26-22+. The van der Waals surface area contributed by atoms with Gasteiger partial charge in [-0.1, -0.05) is 72.8 Å². The summed E-state index contributed by atoms with van der Waals surface area (Å²) in [5.41, 5.74) is 12.3. The highest BCUT2D eigenvalue weighted by Gasteiger charge is 2.35. The Labute approximate surface area is 198 Å². The van der Waals surface area contributed by atoms with Crippen LogP contribution in [0.5, 0.6) is 5.75 Å². The molecular weight excluding hydrogens is 428 g/mol. The van der Waals surface area contributed by atoms with Gasteiger partial charge < -0.3 is 15.8 Å². The molecule has 1 heterocycles. The molecule has 0 radical (unpaired) electrons. The van der Waals surface area contributed by atoms with E-state index in [9.17, 15) is 9.59 Å². The van der Waals surface area contributed by atoms with Gasteiger partial charge in [0.25, 0.3) is 11.8 Å². The third-order valence-electron chi connectivity index (χ3n) is 5.61. The maximum atomic E-state index is 13.7. The second-order valence-electron chi connectivity index (χ2n) is 7.69. The average molecular weight is 455 g/mol. The zero-order chi connectivity index (χ0) is 24.1. The van der Waals surface area contributed by atoms with Crippen molar-refractivity contribution in [3.05, 3.63) is 113 Å². The Hall–Kier alpha value is -4.36. The number of methoxy groups -OCH3 is 1. The van der Waals surface area contributed by atoms with E-state index in [0.29, 0.717) is 23.6 Å². The monoisotopic (exact) mass is 454 g/mol. The lowest BCUT2D eigenvalue weighted by molar-refractivity contribution is -0.127. The molecule has 0 aliphatic carbocycles. The van der Waals surface area contributed by atoms with E-state index in [1.54, 1.807) is 38.4 Å². The van der Waals surface area contributed by atoms with Crippen LogP contribution >= 0.6 is 0 Å². The molecule has 34 heavy (non-hydrogen) atoms. The molecule has 3 aromatic carbocycles. The van der Waals surface area contributed by atoms with Crippen LogP contribution in [0, 0.1) is 0 Å². The van der Waals surface area contributed by atoms with Crippen molar-refractivity contribution in [2.45, 2.75) is 6.42 Å². The van der Waals surface area contributed by atoms with E-state index in [1.807, 2.05) is 60.7 Å². The van der Waals surface area contributed by atoms with Gasteiger partial charge in [0.05, 0.1) is 12.7 Å². The minimum absolute atomic E-state index is 0.0400. The van der Waals surface area contributed by atoms with E-state index in [0.717, 1.165) is 16.7 Å². The van der Waals surface area contributed by atoms with Gasteiger partial charge in [0.15, 0.2) is 0 Å². The van der Waals surface area contributed by atoms with E-state index in [1.165, 1.54) is 5.01 Å². The number of carbonyl (C=O) groups excluding carboxylic acids is 2. The summed E-state index contributed by atoms with van der Waals surface area (Å²) in [6, 6.07) is 26.6. The van der Waals surface area contributed by atoms with Crippen LogP contribution in [0.3, 0.4) is 0 Å². The molecule has 7 nitrogen and oxygen atoms in total. The number of hydrogen-bond donors (Lipinski definition) is 3. The number of hydrazine groups is 1. The van der Waals surface area contributed by atoms with Crippen LogP contribution in [0.2, 0.25) is 0 Å². The smallest absolute Gasteiger partial charge is 0.276 e. The Balaban J connectivity index is 1.91. The lowest BCUT2D eigenvalue weighted by Crippen LogP contribution is -2.51. The molecule has 172 valence electrons. The Morgan fingerprint density at radius 1 is 0.971 bits per heavy atom. The summed E-state index contributed by atoms with van der Waals surface area (Å²) < 4.78 is 5.22. The minimum Gasteiger partial charge on any atom is -0.497 e. The maximum Gasteiger partial charge on any atom is 0.276 e. The molecule has 0 spiro atoms. The molecule has 4 rings (SSSR count). The van der Waals surface area contributed by atoms with Gasteiger partial charge in [-0.15, -0.1) is 0 Å². The van der Waals surface area contributed by atoms with Crippen LogP contribution in [0.1, 0.15) is 16.7 Å². The fraction of sp³-hybridized carbons (Fsp3) is 0.111. The van der Waals surface area contributed by atoms with Gasteiger partial charge in [-0.2, -0.15) is 0 Å². The van der Waals surface area contributed by atoms with Crippen molar-refractivity contribution in [2.24, 2.45) is 5.73 Å². The third-order valence-corrected chi connectivity index (χ3v) is 5.61. The predicted molar refractivity (Wildman–Crippen MR) is 132 cm³/mol. The molecule has 0 bridgehead atoms. The van der Waals surface area contributed by atoms with Gasteiger partial charge in [-0.25, -0.2) is 10.4 Å². The van der Waals surface area contributed by atoms with Gasteiger partial charge in [-0.05, 0) is 28.8 Å². The van der Waals surface area contributed by atoms with E-state index < -0.39 is 11.8 Å². The van der Waals surface area contributed by atoms with Crippen LogP contribution in [0.25, 0.3) is 11.1 Å². The summed E-state index contributed by atoms with van der Waals surface area (Å²) >= 11 is 0. The molecule has 4 N–H and O–H groups in total. The van der Waals surface area contributed by atoms with E-state index in [2.05, 4.69) is 10.7 Å². The summed E-state index contributed by atoms with van der Waals surface area (Å²) in [5, 5.41) is 4.59. The van der Waals surface area contributed by atoms with Crippen LogP contribution in [-0.4, -0.2) is 31.0 Å². The van der Waals surface area contributed by atoms with Gasteiger partial charge in [0, 0.05) is 19.0 Å². The van der Waals surface area contributed by atoms with Gasteiger partial charge in [0.2, 0.25) is 0 Å². The Morgan fingerprint density at radius 3 is 2.15 bits per heavy atom. The van der Waals surface area contributed by atoms with E-state index in [4.69, 9.17) is 10.5 Å². The molecule has 7 heteroatoms. The van der Waals surface area contributed by atoms with Crippen molar-refractivity contribution in [1.29, 1.82) is 0 Å². The normalized spacial score (nSPS) is 15.1. The van der Waals surface area contributed by atoms with Crippen molar-refractivity contribution in [3.8, 4) is 5.75 Å². The molecule has 0 saturated heterocycles. The quantitative estimate of drug-likeness (QED) is 0.510. The largest absolute Gasteiger partial charge is 0.497 e. The number of primary amides is 1. The number of ether oxygens (including phenoxy) is 1. The van der Waals surface area contributed by atoms with Crippen LogP contribution < -0.4 is 21.2 Å². The predicted octanol–water partition coefficient (Wildman–Crippen LogP) is 3.07. The second kappa shape index (κ2) is 10.1. The number of nitrogens with zero attached hydrogens (tertiary/aromatic N) is 1. The number of hydrogen-bond acceptors (Lipinski definition) is 5. The number of carbonyl (C=O) groups is 2. The zero-order valence-electron chi connectivity index (χ0n) is 19.0. The number of rotatable bonds is 7. The summed E-state index contributed by atoms with van der Waals surface area (Å²) in [5.74, 6) is -0.0219. The first-order chi connectivity index (χ1) is 16.5. The number of amides is 2. The minimum atomic E-state index is -0.723. The molecular formula is C27H26N4O3. The molecule has 0 atom stereocenters. The molecule has 0 fully saturated rings. The molecule has 0 aromatic heterocycles. The van der Waals surface area contributed by atoms with Gasteiger partial charge in [0.1, 0.15) is 17.3 Å². The van der Waals surface area contributed by atoms with Crippen LogP contribution in [0.15, 0.2) is 96.4 Å². The molecule has 0 unspecified atom stereocenters. The van der Waals surface area contributed by atoms with Gasteiger partial charge >= 0.3 is 0 Å². The van der Waals surface area contributed by atoms with Crippen LogP contribution in [-0.2, 0) is 16.0 Å². The Kier molecular flexibility index (Phi) is 6.75. The highest BCUT2D eigenvalue weighted by atomic mass is 16.5. The Morgan fingerprint density at radius 2 is 1.59 bits per heavy atom. The Bertz CT molecular complexity index is 1250. The SMILES string of the molecule is CNN1C(=O)C(c2ccc(OC)cc2)=C(C(N)=O)N/C1=C(/Cc1ccccc1)c1ccccc1. The van der Waals surface area contributed by atoms with Crippen molar-refractivity contribution in [2.75, 3.05) is 14.2 Å². The lowest BCUT2D eigenvalue weighted by atomic mass is 9.95.